The van der Waals surface area contributed by atoms with Crippen molar-refractivity contribution in [1.29, 1.82) is 0 Å². The second-order valence-electron chi connectivity index (χ2n) is 9.12. The molecule has 1 aromatic heterocycles. The number of benzene rings is 1. The molecule has 4 rings (SSSR count). The molecule has 32 heavy (non-hydrogen) atoms. The van der Waals surface area contributed by atoms with E-state index in [1.165, 1.54) is 4.90 Å². The zero-order valence-corrected chi connectivity index (χ0v) is 19.4. The highest BCUT2D eigenvalue weighted by molar-refractivity contribution is 6.13. The van der Waals surface area contributed by atoms with Crippen molar-refractivity contribution in [3.05, 3.63) is 53.2 Å². The molecule has 1 fully saturated rings. The Hall–Kier alpha value is -2.93. The predicted octanol–water partition coefficient (Wildman–Crippen LogP) is 2.87. The van der Waals surface area contributed by atoms with E-state index < -0.39 is 5.41 Å². The Morgan fingerprint density at radius 1 is 1.03 bits per heavy atom. The first-order chi connectivity index (χ1) is 15.3. The summed E-state index contributed by atoms with van der Waals surface area (Å²) in [6.45, 7) is 10.8. The third kappa shape index (κ3) is 4.21. The monoisotopic (exact) mass is 436 g/mol. The molecular weight excluding hydrogens is 404 g/mol. The smallest absolute Gasteiger partial charge is 0.260 e. The zero-order chi connectivity index (χ0) is 22.9. The molecule has 2 aliphatic heterocycles. The molecule has 2 aromatic rings. The molecule has 0 aliphatic carbocycles. The Bertz CT molecular complexity index is 1010. The molecule has 0 N–H and O–H groups in total. The van der Waals surface area contributed by atoms with E-state index in [0.29, 0.717) is 17.9 Å². The van der Waals surface area contributed by atoms with Crippen LogP contribution in [0.5, 0.6) is 5.75 Å². The van der Waals surface area contributed by atoms with Gasteiger partial charge in [0.15, 0.2) is 0 Å². The molecule has 7 nitrogen and oxygen atoms in total. The molecule has 1 saturated heterocycles. The van der Waals surface area contributed by atoms with Gasteiger partial charge in [-0.3, -0.25) is 19.4 Å². The number of nitrogens with zero attached hydrogens (tertiary/aromatic N) is 4. The summed E-state index contributed by atoms with van der Waals surface area (Å²) in [5.41, 5.74) is 1.63. The van der Waals surface area contributed by atoms with Crippen LogP contribution in [0.3, 0.4) is 0 Å². The van der Waals surface area contributed by atoms with Crippen LogP contribution in [0.2, 0.25) is 0 Å². The van der Waals surface area contributed by atoms with Crippen LogP contribution < -0.4 is 9.64 Å². The van der Waals surface area contributed by atoms with Gasteiger partial charge in [-0.1, -0.05) is 12.1 Å². The lowest BCUT2D eigenvalue weighted by Gasteiger charge is -2.38. The summed E-state index contributed by atoms with van der Waals surface area (Å²) in [5, 5.41) is 0. The molecule has 2 aliphatic rings. The van der Waals surface area contributed by atoms with E-state index in [4.69, 9.17) is 4.74 Å². The topological polar surface area (TPSA) is 66.0 Å². The first-order valence-corrected chi connectivity index (χ1v) is 11.3. The normalized spacial score (nSPS) is 18.6. The third-order valence-electron chi connectivity index (χ3n) is 6.58. The number of anilines is 1. The molecule has 0 atom stereocenters. The van der Waals surface area contributed by atoms with Crippen LogP contribution in [0, 0.1) is 6.92 Å². The van der Waals surface area contributed by atoms with E-state index in [9.17, 15) is 9.59 Å². The second kappa shape index (κ2) is 8.90. The number of fused-ring (bicyclic) bond motifs is 1. The lowest BCUT2D eigenvalue weighted by molar-refractivity contribution is -0.134. The number of amides is 2. The Morgan fingerprint density at radius 3 is 2.47 bits per heavy atom. The maximum Gasteiger partial charge on any atom is 0.260 e. The number of ether oxygens (including phenoxy) is 1. The maximum atomic E-state index is 13.1. The van der Waals surface area contributed by atoms with E-state index in [2.05, 4.69) is 20.9 Å². The number of hydrogen-bond acceptors (Lipinski definition) is 6. The number of pyridine rings is 1. The van der Waals surface area contributed by atoms with Gasteiger partial charge < -0.3 is 9.64 Å². The van der Waals surface area contributed by atoms with Crippen molar-refractivity contribution < 1.29 is 14.3 Å². The minimum absolute atomic E-state index is 0.129. The highest BCUT2D eigenvalue weighted by atomic mass is 16.5. The fraction of sp³-hybridized carbons (Fsp3) is 0.480. The average Bonchev–Trinajstić information content (AvgIpc) is 2.80. The van der Waals surface area contributed by atoms with Crippen molar-refractivity contribution in [2.24, 2.45) is 0 Å². The van der Waals surface area contributed by atoms with Gasteiger partial charge in [0.25, 0.3) is 5.91 Å². The lowest BCUT2D eigenvalue weighted by atomic mass is 9.77. The largest absolute Gasteiger partial charge is 0.497 e. The first-order valence-electron chi connectivity index (χ1n) is 11.3. The van der Waals surface area contributed by atoms with Gasteiger partial charge in [0.05, 0.1) is 12.5 Å². The molecule has 0 radical (unpaired) electrons. The minimum Gasteiger partial charge on any atom is -0.497 e. The number of aryl methyl sites for hydroxylation is 1. The van der Waals surface area contributed by atoms with Gasteiger partial charge in [0.2, 0.25) is 5.91 Å². The van der Waals surface area contributed by atoms with Crippen molar-refractivity contribution >= 4 is 17.6 Å². The van der Waals surface area contributed by atoms with E-state index in [0.717, 1.165) is 56.2 Å². The van der Waals surface area contributed by atoms with Crippen LogP contribution in [0.4, 0.5) is 5.82 Å². The Kier molecular flexibility index (Phi) is 6.20. The van der Waals surface area contributed by atoms with Crippen molar-refractivity contribution in [3.63, 3.8) is 0 Å². The summed E-state index contributed by atoms with van der Waals surface area (Å²) in [6.07, 6.45) is 0.759. The average molecular weight is 437 g/mol. The van der Waals surface area contributed by atoms with Crippen LogP contribution >= 0.6 is 0 Å². The van der Waals surface area contributed by atoms with Gasteiger partial charge in [-0.25, -0.2) is 4.98 Å². The van der Waals surface area contributed by atoms with E-state index in [1.807, 2.05) is 45.0 Å². The number of carbonyl (C=O) groups excluding carboxylic acids is 2. The Morgan fingerprint density at radius 2 is 1.78 bits per heavy atom. The van der Waals surface area contributed by atoms with Crippen LogP contribution in [-0.4, -0.2) is 73.0 Å². The second-order valence-corrected chi connectivity index (χ2v) is 9.12. The number of imide groups is 1. The number of aromatic nitrogens is 1. The fourth-order valence-corrected chi connectivity index (χ4v) is 4.62. The predicted molar refractivity (Wildman–Crippen MR) is 124 cm³/mol. The van der Waals surface area contributed by atoms with Crippen molar-refractivity contribution in [1.82, 2.24) is 14.8 Å². The molecule has 7 heteroatoms. The van der Waals surface area contributed by atoms with Gasteiger partial charge >= 0.3 is 0 Å². The Labute approximate surface area is 190 Å². The minimum atomic E-state index is -0.734. The molecule has 0 saturated carbocycles. The highest BCUT2D eigenvalue weighted by Gasteiger charge is 2.44. The molecule has 0 spiro atoms. The third-order valence-corrected chi connectivity index (χ3v) is 6.58. The van der Waals surface area contributed by atoms with Gasteiger partial charge in [0.1, 0.15) is 11.6 Å². The van der Waals surface area contributed by atoms with Crippen molar-refractivity contribution in [2.75, 3.05) is 51.3 Å². The summed E-state index contributed by atoms with van der Waals surface area (Å²) in [7, 11) is 1.58. The van der Waals surface area contributed by atoms with Crippen LogP contribution in [0.1, 0.15) is 41.9 Å². The number of piperazine rings is 1. The number of methoxy groups -OCH3 is 1. The summed E-state index contributed by atoms with van der Waals surface area (Å²) >= 11 is 0. The number of rotatable bonds is 6. The fourth-order valence-electron chi connectivity index (χ4n) is 4.62. The maximum absolute atomic E-state index is 13.1. The van der Waals surface area contributed by atoms with Crippen molar-refractivity contribution in [3.8, 4) is 5.75 Å². The number of hydrogen-bond donors (Lipinski definition) is 0. The van der Waals surface area contributed by atoms with E-state index in [1.54, 1.807) is 13.2 Å². The standard InChI is InChI=1S/C25H32N4O3/c1-18-7-5-8-22(26-18)28-15-13-27(14-16-28)11-6-12-29-23(30)20-17-19(32-4)9-10-21(20)25(2,3)24(29)31/h5,7-10,17H,6,11-16H2,1-4H3. The zero-order valence-electron chi connectivity index (χ0n) is 19.4. The molecule has 1 aromatic carbocycles. The molecule has 3 heterocycles. The SMILES string of the molecule is COc1ccc2c(c1)C(=O)N(CCCN1CCN(c3cccc(C)n3)CC1)C(=O)C2(C)C. The van der Waals surface area contributed by atoms with Gasteiger partial charge in [-0.15, -0.1) is 0 Å². The van der Waals surface area contributed by atoms with E-state index >= 15 is 0 Å². The molecule has 2 amide bonds. The molecular formula is C25H32N4O3. The van der Waals surface area contributed by atoms with Crippen molar-refractivity contribution in [2.45, 2.75) is 32.6 Å². The van der Waals surface area contributed by atoms with Gasteiger partial charge in [-0.05, 0) is 63.6 Å². The van der Waals surface area contributed by atoms with E-state index in [-0.39, 0.29) is 11.8 Å². The van der Waals surface area contributed by atoms with Gasteiger partial charge in [-0.2, -0.15) is 0 Å². The first kappa shape index (κ1) is 22.3. The molecule has 0 bridgehead atoms. The van der Waals surface area contributed by atoms with Gasteiger partial charge in [0, 0.05) is 44.0 Å². The van der Waals surface area contributed by atoms with Crippen LogP contribution in [0.25, 0.3) is 0 Å². The quantitative estimate of drug-likeness (QED) is 0.649. The summed E-state index contributed by atoms with van der Waals surface area (Å²) < 4.78 is 5.30. The Balaban J connectivity index is 1.35. The number of carbonyl (C=O) groups is 2. The lowest BCUT2D eigenvalue weighted by Crippen LogP contribution is -2.52. The summed E-state index contributed by atoms with van der Waals surface area (Å²) in [4.78, 5) is 37.0. The van der Waals surface area contributed by atoms with Crippen LogP contribution in [-0.2, 0) is 10.2 Å². The summed E-state index contributed by atoms with van der Waals surface area (Å²) in [5.74, 6) is 1.31. The van der Waals surface area contributed by atoms with Crippen LogP contribution in [0.15, 0.2) is 36.4 Å². The molecule has 0 unspecified atom stereocenters. The summed E-state index contributed by atoms with van der Waals surface area (Å²) in [6, 6.07) is 11.5. The highest BCUT2D eigenvalue weighted by Crippen LogP contribution is 2.36. The molecule has 170 valence electrons.